The highest BCUT2D eigenvalue weighted by molar-refractivity contribution is 6.37. The summed E-state index contributed by atoms with van der Waals surface area (Å²) in [6.45, 7) is 0. The normalized spacial score (nSPS) is 10.1. The van der Waals surface area contributed by atoms with Gasteiger partial charge in [0.2, 0.25) is 5.78 Å². The van der Waals surface area contributed by atoms with Crippen LogP contribution in [0.5, 0.6) is 0 Å². The Morgan fingerprint density at radius 3 is 2.31 bits per heavy atom. The Balaban J connectivity index is 2.51. The van der Waals surface area contributed by atoms with E-state index in [2.05, 4.69) is 0 Å². The zero-order valence-electron chi connectivity index (χ0n) is 8.71. The van der Waals surface area contributed by atoms with Gasteiger partial charge in [-0.3, -0.25) is 9.59 Å². The van der Waals surface area contributed by atoms with Crippen molar-refractivity contribution in [2.24, 2.45) is 0 Å². The van der Waals surface area contributed by atoms with E-state index in [0.717, 1.165) is 0 Å². The molecule has 16 heavy (non-hydrogen) atoms. The zero-order valence-corrected chi connectivity index (χ0v) is 9.47. The number of Topliss-reactive ketones (excluding diaryl/α,β-unsaturated/α-hetero) is 2. The first kappa shape index (κ1) is 12.8. The Kier molecular flexibility index (Phi) is 5.12. The van der Waals surface area contributed by atoms with Crippen molar-refractivity contribution in [1.29, 1.82) is 0 Å². The second kappa shape index (κ2) is 6.38. The Hall–Kier alpha value is -1.22. The highest BCUT2D eigenvalue weighted by Gasteiger charge is 2.13. The van der Waals surface area contributed by atoms with Crippen LogP contribution < -0.4 is 0 Å². The lowest BCUT2D eigenvalue weighted by molar-refractivity contribution is -0.136. The van der Waals surface area contributed by atoms with Crippen LogP contribution in [0, 0.1) is 5.82 Å². The van der Waals surface area contributed by atoms with Crippen molar-refractivity contribution in [3.63, 3.8) is 0 Å². The smallest absolute Gasteiger partial charge is 0.202 e. The molecule has 0 aliphatic rings. The molecule has 1 aromatic carbocycles. The van der Waals surface area contributed by atoms with Crippen LogP contribution in [0.15, 0.2) is 24.3 Å². The SMILES string of the molecule is O=C(CCCCl)C(=O)Cc1ccc(F)cc1. The van der Waals surface area contributed by atoms with Crippen molar-refractivity contribution in [3.8, 4) is 0 Å². The maximum Gasteiger partial charge on any atom is 0.202 e. The second-order valence-corrected chi connectivity index (χ2v) is 3.82. The zero-order chi connectivity index (χ0) is 12.0. The minimum absolute atomic E-state index is 0.0292. The first-order chi connectivity index (χ1) is 7.63. The van der Waals surface area contributed by atoms with Gasteiger partial charge in [0.15, 0.2) is 5.78 Å². The van der Waals surface area contributed by atoms with Crippen molar-refractivity contribution < 1.29 is 14.0 Å². The van der Waals surface area contributed by atoms with Crippen LogP contribution in [0.25, 0.3) is 0 Å². The molecule has 2 nitrogen and oxygen atoms in total. The molecule has 0 saturated heterocycles. The molecule has 0 unspecified atom stereocenters. The van der Waals surface area contributed by atoms with Crippen molar-refractivity contribution >= 4 is 23.2 Å². The molecule has 0 radical (unpaired) electrons. The van der Waals surface area contributed by atoms with E-state index in [4.69, 9.17) is 11.6 Å². The number of hydrogen-bond acceptors (Lipinski definition) is 2. The largest absolute Gasteiger partial charge is 0.291 e. The average Bonchev–Trinajstić information content (AvgIpc) is 2.29. The molecule has 0 aromatic heterocycles. The molecule has 86 valence electrons. The van der Waals surface area contributed by atoms with Crippen molar-refractivity contribution in [3.05, 3.63) is 35.6 Å². The molecule has 0 atom stereocenters. The summed E-state index contributed by atoms with van der Waals surface area (Å²) in [5.74, 6) is -0.846. The third-order valence-electron chi connectivity index (χ3n) is 2.13. The molecule has 0 aliphatic carbocycles. The predicted octanol–water partition coefficient (Wildman–Crippen LogP) is 2.53. The Morgan fingerprint density at radius 2 is 1.75 bits per heavy atom. The Morgan fingerprint density at radius 1 is 1.12 bits per heavy atom. The van der Waals surface area contributed by atoms with Crippen LogP contribution in [0.1, 0.15) is 18.4 Å². The lowest BCUT2D eigenvalue weighted by atomic mass is 10.0. The number of rotatable bonds is 6. The van der Waals surface area contributed by atoms with Gasteiger partial charge in [0.1, 0.15) is 5.82 Å². The van der Waals surface area contributed by atoms with E-state index >= 15 is 0 Å². The summed E-state index contributed by atoms with van der Waals surface area (Å²) >= 11 is 5.42. The van der Waals surface area contributed by atoms with Gasteiger partial charge in [-0.2, -0.15) is 0 Å². The molecular formula is C12H12ClFO2. The quantitative estimate of drug-likeness (QED) is 0.568. The second-order valence-electron chi connectivity index (χ2n) is 3.44. The van der Waals surface area contributed by atoms with Gasteiger partial charge in [-0.15, -0.1) is 11.6 Å². The fourth-order valence-electron chi connectivity index (χ4n) is 1.25. The number of carbonyl (C=O) groups excluding carboxylic acids is 2. The minimum atomic E-state index is -0.447. The third kappa shape index (κ3) is 4.11. The molecule has 0 heterocycles. The monoisotopic (exact) mass is 242 g/mol. The minimum Gasteiger partial charge on any atom is -0.291 e. The first-order valence-electron chi connectivity index (χ1n) is 5.00. The molecule has 0 bridgehead atoms. The van der Waals surface area contributed by atoms with E-state index in [9.17, 15) is 14.0 Å². The number of benzene rings is 1. The molecule has 1 aromatic rings. The van der Waals surface area contributed by atoms with Gasteiger partial charge in [0, 0.05) is 18.7 Å². The number of ketones is 2. The number of alkyl halides is 1. The summed E-state index contributed by atoms with van der Waals surface area (Å²) in [7, 11) is 0. The molecule has 0 fully saturated rings. The molecule has 4 heteroatoms. The Labute approximate surface area is 98.4 Å². The fourth-order valence-corrected chi connectivity index (χ4v) is 1.39. The van der Waals surface area contributed by atoms with Crippen LogP contribution >= 0.6 is 11.6 Å². The number of carbonyl (C=O) groups is 2. The van der Waals surface area contributed by atoms with Gasteiger partial charge in [-0.05, 0) is 24.1 Å². The molecule has 0 aliphatic heterocycles. The van der Waals surface area contributed by atoms with Crippen molar-refractivity contribution in [2.45, 2.75) is 19.3 Å². The Bertz CT molecular complexity index is 373. The van der Waals surface area contributed by atoms with E-state index in [1.54, 1.807) is 0 Å². The van der Waals surface area contributed by atoms with Crippen molar-refractivity contribution in [1.82, 2.24) is 0 Å². The van der Waals surface area contributed by atoms with Crippen molar-refractivity contribution in [2.75, 3.05) is 5.88 Å². The number of halogens is 2. The molecule has 1 rings (SSSR count). The van der Waals surface area contributed by atoms with Gasteiger partial charge >= 0.3 is 0 Å². The lowest BCUT2D eigenvalue weighted by Gasteiger charge is -2.00. The van der Waals surface area contributed by atoms with Crippen LogP contribution in [0.4, 0.5) is 4.39 Å². The third-order valence-corrected chi connectivity index (χ3v) is 2.39. The van der Waals surface area contributed by atoms with E-state index < -0.39 is 11.6 Å². The molecule has 0 spiro atoms. The van der Waals surface area contributed by atoms with E-state index in [1.807, 2.05) is 0 Å². The average molecular weight is 243 g/mol. The van der Waals surface area contributed by atoms with Gasteiger partial charge in [0.25, 0.3) is 0 Å². The van der Waals surface area contributed by atoms with Crippen LogP contribution in [-0.2, 0) is 16.0 Å². The van der Waals surface area contributed by atoms with Gasteiger partial charge in [-0.25, -0.2) is 4.39 Å². The summed E-state index contributed by atoms with van der Waals surface area (Å²) in [6.07, 6.45) is 0.723. The fraction of sp³-hybridized carbons (Fsp3) is 0.333. The standard InChI is InChI=1S/C12H12ClFO2/c13-7-1-2-11(15)12(16)8-9-3-5-10(14)6-4-9/h3-6H,1-2,7-8H2. The summed E-state index contributed by atoms with van der Waals surface area (Å²) in [5.41, 5.74) is 0.644. The molecular weight excluding hydrogens is 231 g/mol. The molecule has 0 saturated carbocycles. The van der Waals surface area contributed by atoms with Crippen LogP contribution in [0.2, 0.25) is 0 Å². The number of hydrogen-bond donors (Lipinski definition) is 0. The van der Waals surface area contributed by atoms with Gasteiger partial charge < -0.3 is 0 Å². The molecule has 0 N–H and O–H groups in total. The summed E-state index contributed by atoms with van der Waals surface area (Å²) in [6, 6.07) is 5.54. The maximum atomic E-state index is 12.6. The highest BCUT2D eigenvalue weighted by atomic mass is 35.5. The van der Waals surface area contributed by atoms with Gasteiger partial charge in [-0.1, -0.05) is 12.1 Å². The summed E-state index contributed by atoms with van der Waals surface area (Å²) in [5, 5.41) is 0. The van der Waals surface area contributed by atoms with E-state index in [-0.39, 0.29) is 18.7 Å². The first-order valence-corrected chi connectivity index (χ1v) is 5.53. The van der Waals surface area contributed by atoms with E-state index in [0.29, 0.717) is 17.9 Å². The molecule has 0 amide bonds. The lowest BCUT2D eigenvalue weighted by Crippen LogP contribution is -2.16. The highest BCUT2D eigenvalue weighted by Crippen LogP contribution is 2.05. The predicted molar refractivity (Wildman–Crippen MR) is 60.1 cm³/mol. The maximum absolute atomic E-state index is 12.6. The van der Waals surface area contributed by atoms with Crippen LogP contribution in [0.3, 0.4) is 0 Å². The van der Waals surface area contributed by atoms with E-state index in [1.165, 1.54) is 24.3 Å². The van der Waals surface area contributed by atoms with Crippen LogP contribution in [-0.4, -0.2) is 17.4 Å². The summed E-state index contributed by atoms with van der Waals surface area (Å²) in [4.78, 5) is 22.7. The summed E-state index contributed by atoms with van der Waals surface area (Å²) < 4.78 is 12.6. The topological polar surface area (TPSA) is 34.1 Å². The van der Waals surface area contributed by atoms with Gasteiger partial charge in [0.05, 0.1) is 0 Å².